The lowest BCUT2D eigenvalue weighted by atomic mass is 10.3. The van der Waals surface area contributed by atoms with E-state index in [0.717, 1.165) is 44.5 Å². The molecule has 3 aliphatic rings. The van der Waals surface area contributed by atoms with Gasteiger partial charge in [-0.2, -0.15) is 0 Å². The Hall–Kier alpha value is -1.86. The van der Waals surface area contributed by atoms with E-state index in [1.165, 1.54) is 0 Å². The molecule has 7 heteroatoms. The normalized spacial score (nSPS) is 23.0. The van der Waals surface area contributed by atoms with Gasteiger partial charge >= 0.3 is 0 Å². The van der Waals surface area contributed by atoms with Gasteiger partial charge in [0.05, 0.1) is 13.2 Å². The van der Waals surface area contributed by atoms with Crippen LogP contribution in [0.1, 0.15) is 0 Å². The number of morpholine rings is 1. The van der Waals surface area contributed by atoms with E-state index in [9.17, 15) is 4.79 Å². The fourth-order valence-corrected chi connectivity index (χ4v) is 2.20. The van der Waals surface area contributed by atoms with Gasteiger partial charge in [-0.05, 0) is 6.08 Å². The van der Waals surface area contributed by atoms with Crippen LogP contribution in [-0.2, 0) is 9.53 Å². The van der Waals surface area contributed by atoms with Crippen LogP contribution in [0.25, 0.3) is 0 Å². The topological polar surface area (TPSA) is 69.2 Å². The van der Waals surface area contributed by atoms with Crippen molar-refractivity contribution >= 4 is 12.2 Å². The van der Waals surface area contributed by atoms with Crippen molar-refractivity contribution in [1.82, 2.24) is 20.7 Å². The zero-order chi connectivity index (χ0) is 12.4. The van der Waals surface area contributed by atoms with Crippen LogP contribution in [0.5, 0.6) is 0 Å². The summed E-state index contributed by atoms with van der Waals surface area (Å²) in [6.07, 6.45) is 4.50. The van der Waals surface area contributed by atoms with Gasteiger partial charge in [0.2, 0.25) is 6.41 Å². The van der Waals surface area contributed by atoms with Gasteiger partial charge in [0.15, 0.2) is 0 Å². The second kappa shape index (κ2) is 4.79. The van der Waals surface area contributed by atoms with E-state index in [1.807, 2.05) is 17.2 Å². The highest BCUT2D eigenvalue weighted by Gasteiger charge is 2.28. The SMILES string of the molecule is O=CNC1=NC2=CCNN2C(N2CCOCC2)=C1. The number of aliphatic imine (C=N–C) groups is 1. The summed E-state index contributed by atoms with van der Waals surface area (Å²) in [6.45, 7) is 3.86. The Bertz CT molecular complexity index is 437. The molecule has 0 aromatic carbocycles. The first-order valence-corrected chi connectivity index (χ1v) is 5.95. The van der Waals surface area contributed by atoms with Crippen molar-refractivity contribution in [3.05, 3.63) is 23.8 Å². The summed E-state index contributed by atoms with van der Waals surface area (Å²) >= 11 is 0. The number of amides is 1. The Kier molecular flexibility index (Phi) is 2.99. The molecule has 0 aliphatic carbocycles. The van der Waals surface area contributed by atoms with Gasteiger partial charge in [-0.1, -0.05) is 0 Å². The molecule has 3 heterocycles. The van der Waals surface area contributed by atoms with Crippen molar-refractivity contribution in [3.8, 4) is 0 Å². The number of carbonyl (C=O) groups excluding carboxylic acids is 1. The van der Waals surface area contributed by atoms with Crippen LogP contribution in [0.3, 0.4) is 0 Å². The second-order valence-electron chi connectivity index (χ2n) is 4.12. The van der Waals surface area contributed by atoms with Crippen molar-refractivity contribution in [2.45, 2.75) is 0 Å². The van der Waals surface area contributed by atoms with Crippen LogP contribution < -0.4 is 10.7 Å². The molecule has 2 N–H and O–H groups in total. The van der Waals surface area contributed by atoms with Crippen LogP contribution >= 0.6 is 0 Å². The van der Waals surface area contributed by atoms with Crippen LogP contribution in [0, 0.1) is 0 Å². The minimum atomic E-state index is 0.567. The summed E-state index contributed by atoms with van der Waals surface area (Å²) < 4.78 is 5.35. The van der Waals surface area contributed by atoms with Crippen molar-refractivity contribution in [2.24, 2.45) is 4.99 Å². The number of amidine groups is 1. The second-order valence-corrected chi connectivity index (χ2v) is 4.12. The van der Waals surface area contributed by atoms with Crippen molar-refractivity contribution in [1.29, 1.82) is 0 Å². The lowest BCUT2D eigenvalue weighted by Gasteiger charge is -2.37. The van der Waals surface area contributed by atoms with E-state index in [2.05, 4.69) is 20.6 Å². The Balaban J connectivity index is 1.87. The molecule has 1 amide bonds. The molecule has 1 fully saturated rings. The third-order valence-corrected chi connectivity index (χ3v) is 3.03. The highest BCUT2D eigenvalue weighted by atomic mass is 16.5. The minimum absolute atomic E-state index is 0.567. The van der Waals surface area contributed by atoms with Gasteiger partial charge in [-0.3, -0.25) is 4.79 Å². The van der Waals surface area contributed by atoms with E-state index in [0.29, 0.717) is 12.2 Å². The summed E-state index contributed by atoms with van der Waals surface area (Å²) in [7, 11) is 0. The van der Waals surface area contributed by atoms with E-state index in [4.69, 9.17) is 4.74 Å². The molecule has 0 spiro atoms. The first-order chi connectivity index (χ1) is 8.88. The predicted octanol–water partition coefficient (Wildman–Crippen LogP) is -1.02. The standard InChI is InChI=1S/C11H15N5O2/c17-8-12-9-7-11(15-3-5-18-6-4-15)16-10(14-9)1-2-13-16/h1,7-8,13H,2-6H2,(H,12,14,17). The lowest BCUT2D eigenvalue weighted by molar-refractivity contribution is -0.108. The third kappa shape index (κ3) is 1.98. The number of nitrogens with zero attached hydrogens (tertiary/aromatic N) is 3. The van der Waals surface area contributed by atoms with Gasteiger partial charge in [0.25, 0.3) is 0 Å². The molecule has 0 bridgehead atoms. The largest absolute Gasteiger partial charge is 0.378 e. The molecule has 3 rings (SSSR count). The molecule has 18 heavy (non-hydrogen) atoms. The number of ether oxygens (including phenoxy) is 1. The predicted molar refractivity (Wildman–Crippen MR) is 65.0 cm³/mol. The number of nitrogens with one attached hydrogen (secondary N) is 2. The van der Waals surface area contributed by atoms with E-state index >= 15 is 0 Å². The number of hydrazine groups is 1. The van der Waals surface area contributed by atoms with E-state index in [1.54, 1.807) is 0 Å². The molecule has 96 valence electrons. The van der Waals surface area contributed by atoms with Crippen molar-refractivity contribution in [3.63, 3.8) is 0 Å². The van der Waals surface area contributed by atoms with Crippen LogP contribution in [0.15, 0.2) is 28.8 Å². The Morgan fingerprint density at radius 2 is 2.28 bits per heavy atom. The number of carbonyl (C=O) groups is 1. The highest BCUT2D eigenvalue weighted by Crippen LogP contribution is 2.23. The maximum Gasteiger partial charge on any atom is 0.212 e. The van der Waals surface area contributed by atoms with Crippen LogP contribution in [-0.4, -0.2) is 55.0 Å². The monoisotopic (exact) mass is 249 g/mol. The van der Waals surface area contributed by atoms with Crippen LogP contribution in [0.2, 0.25) is 0 Å². The minimum Gasteiger partial charge on any atom is -0.378 e. The molecule has 0 atom stereocenters. The quantitative estimate of drug-likeness (QED) is 0.613. The molecule has 0 radical (unpaired) electrons. The first kappa shape index (κ1) is 11.2. The summed E-state index contributed by atoms with van der Waals surface area (Å²) in [5.41, 5.74) is 3.24. The Labute approximate surface area is 105 Å². The summed E-state index contributed by atoms with van der Waals surface area (Å²) in [4.78, 5) is 17.1. The van der Waals surface area contributed by atoms with E-state index in [-0.39, 0.29) is 0 Å². The van der Waals surface area contributed by atoms with E-state index < -0.39 is 0 Å². The molecule has 0 saturated carbocycles. The zero-order valence-corrected chi connectivity index (χ0v) is 9.93. The summed E-state index contributed by atoms with van der Waals surface area (Å²) in [5.74, 6) is 2.39. The molecule has 7 nitrogen and oxygen atoms in total. The maximum atomic E-state index is 10.5. The first-order valence-electron chi connectivity index (χ1n) is 5.95. The fraction of sp³-hybridized carbons (Fsp3) is 0.455. The smallest absolute Gasteiger partial charge is 0.212 e. The fourth-order valence-electron chi connectivity index (χ4n) is 2.20. The van der Waals surface area contributed by atoms with Crippen molar-refractivity contribution < 1.29 is 9.53 Å². The van der Waals surface area contributed by atoms with Gasteiger partial charge in [0.1, 0.15) is 17.5 Å². The number of fused-ring (bicyclic) bond motifs is 1. The van der Waals surface area contributed by atoms with Crippen LogP contribution in [0.4, 0.5) is 0 Å². The number of hydrogen-bond acceptors (Lipinski definition) is 6. The molecular weight excluding hydrogens is 234 g/mol. The third-order valence-electron chi connectivity index (χ3n) is 3.03. The Morgan fingerprint density at radius 3 is 3.06 bits per heavy atom. The average molecular weight is 249 g/mol. The molecule has 0 unspecified atom stereocenters. The molecule has 1 saturated heterocycles. The number of hydrogen-bond donors (Lipinski definition) is 2. The maximum absolute atomic E-state index is 10.5. The highest BCUT2D eigenvalue weighted by molar-refractivity contribution is 6.00. The molecule has 0 aromatic heterocycles. The van der Waals surface area contributed by atoms with Gasteiger partial charge in [-0.15, -0.1) is 0 Å². The van der Waals surface area contributed by atoms with Gasteiger partial charge in [-0.25, -0.2) is 15.4 Å². The molecule has 3 aliphatic heterocycles. The lowest BCUT2D eigenvalue weighted by Crippen LogP contribution is -2.46. The average Bonchev–Trinajstić information content (AvgIpc) is 2.87. The van der Waals surface area contributed by atoms with Gasteiger partial charge in [0, 0.05) is 25.7 Å². The molecule has 0 aromatic rings. The summed E-state index contributed by atoms with van der Waals surface area (Å²) in [5, 5.41) is 4.55. The Morgan fingerprint density at radius 1 is 1.44 bits per heavy atom. The van der Waals surface area contributed by atoms with Crippen molar-refractivity contribution in [2.75, 3.05) is 32.8 Å². The van der Waals surface area contributed by atoms with Gasteiger partial charge < -0.3 is 15.0 Å². The zero-order valence-electron chi connectivity index (χ0n) is 9.93. The number of rotatable bonds is 2. The summed E-state index contributed by atoms with van der Waals surface area (Å²) in [6, 6.07) is 0. The molecular formula is C11H15N5O2.